The molecule has 0 spiro atoms. The monoisotopic (exact) mass is 317 g/mol. The molecule has 0 aliphatic carbocycles. The lowest BCUT2D eigenvalue weighted by molar-refractivity contribution is 0.581. The van der Waals surface area contributed by atoms with E-state index in [4.69, 9.17) is 0 Å². The van der Waals surface area contributed by atoms with E-state index in [0.717, 1.165) is 5.56 Å². The summed E-state index contributed by atoms with van der Waals surface area (Å²) in [4.78, 5) is 0.321. The number of hydrogen-bond donors (Lipinski definition) is 1. The van der Waals surface area contributed by atoms with Crippen LogP contribution in [0.3, 0.4) is 0 Å². The normalized spacial score (nSPS) is 11.8. The smallest absolute Gasteiger partial charge is 0.211 e. The van der Waals surface area contributed by atoms with Crippen LogP contribution in [0.15, 0.2) is 53.4 Å². The van der Waals surface area contributed by atoms with Crippen molar-refractivity contribution in [2.24, 2.45) is 0 Å². The predicted octanol–water partition coefficient (Wildman–Crippen LogP) is 3.64. The third kappa shape index (κ3) is 4.18. The van der Waals surface area contributed by atoms with Crippen LogP contribution in [0.4, 0.5) is 0 Å². The second kappa shape index (κ2) is 7.07. The van der Waals surface area contributed by atoms with Crippen LogP contribution in [-0.2, 0) is 16.4 Å². The molecule has 0 saturated carbocycles. The lowest BCUT2D eigenvalue weighted by atomic mass is 10.0. The predicted molar refractivity (Wildman–Crippen MR) is 90.6 cm³/mol. The van der Waals surface area contributed by atoms with Crippen LogP contribution in [0.5, 0.6) is 0 Å². The Morgan fingerprint density at radius 2 is 1.64 bits per heavy atom. The molecule has 0 saturated heterocycles. The van der Waals surface area contributed by atoms with Gasteiger partial charge in [-0.2, -0.15) is 0 Å². The minimum atomic E-state index is -3.44. The molecule has 3 nitrogen and oxygen atoms in total. The van der Waals surface area contributed by atoms with Gasteiger partial charge in [0.2, 0.25) is 10.0 Å². The lowest BCUT2D eigenvalue weighted by Gasteiger charge is -2.10. The Labute approximate surface area is 133 Å². The van der Waals surface area contributed by atoms with E-state index in [1.807, 2.05) is 43.3 Å². The van der Waals surface area contributed by atoms with Gasteiger partial charge in [-0.3, -0.25) is 0 Å². The summed E-state index contributed by atoms with van der Waals surface area (Å²) in [7, 11) is -3.44. The molecule has 0 aliphatic rings. The second-order valence-corrected chi connectivity index (χ2v) is 7.56. The summed E-state index contributed by atoms with van der Waals surface area (Å²) in [6.07, 6.45) is 0.690. The van der Waals surface area contributed by atoms with Gasteiger partial charge in [0.25, 0.3) is 0 Å². The van der Waals surface area contributed by atoms with Gasteiger partial charge in [0.15, 0.2) is 0 Å². The Hall–Kier alpha value is -1.65. The molecule has 0 unspecified atom stereocenters. The van der Waals surface area contributed by atoms with E-state index < -0.39 is 10.0 Å². The van der Waals surface area contributed by atoms with E-state index in [9.17, 15) is 8.42 Å². The highest BCUT2D eigenvalue weighted by molar-refractivity contribution is 7.89. The number of benzene rings is 2. The summed E-state index contributed by atoms with van der Waals surface area (Å²) < 4.78 is 27.2. The quantitative estimate of drug-likeness (QED) is 0.884. The van der Waals surface area contributed by atoms with E-state index in [1.165, 1.54) is 11.1 Å². The molecule has 0 atom stereocenters. The lowest BCUT2D eigenvalue weighted by Crippen LogP contribution is -2.26. The van der Waals surface area contributed by atoms with Crippen molar-refractivity contribution in [1.29, 1.82) is 0 Å². The first-order valence-electron chi connectivity index (χ1n) is 7.54. The van der Waals surface area contributed by atoms with E-state index >= 15 is 0 Å². The Bertz CT molecular complexity index is 719. The highest BCUT2D eigenvalue weighted by atomic mass is 32.2. The standard InChI is InChI=1S/C18H23NO2S/c1-14(2)16-8-10-18(11-9-16)22(20,21)19-13-12-17-7-5-4-6-15(17)3/h4-11,14,19H,12-13H2,1-3H3. The first kappa shape index (κ1) is 16.7. The van der Waals surface area contributed by atoms with Gasteiger partial charge < -0.3 is 0 Å². The molecule has 0 fully saturated rings. The number of nitrogens with one attached hydrogen (secondary N) is 1. The zero-order chi connectivity index (χ0) is 16.2. The fraction of sp³-hybridized carbons (Fsp3) is 0.333. The van der Waals surface area contributed by atoms with E-state index in [1.54, 1.807) is 12.1 Å². The third-order valence-corrected chi connectivity index (χ3v) is 5.28. The van der Waals surface area contributed by atoms with Crippen molar-refractivity contribution in [3.05, 3.63) is 65.2 Å². The summed E-state index contributed by atoms with van der Waals surface area (Å²) >= 11 is 0. The Morgan fingerprint density at radius 3 is 2.23 bits per heavy atom. The van der Waals surface area contributed by atoms with Gasteiger partial charge >= 0.3 is 0 Å². The van der Waals surface area contributed by atoms with Crippen molar-refractivity contribution in [3.63, 3.8) is 0 Å². The largest absolute Gasteiger partial charge is 0.240 e. The van der Waals surface area contributed by atoms with Crippen LogP contribution in [-0.4, -0.2) is 15.0 Å². The van der Waals surface area contributed by atoms with Gasteiger partial charge in [-0.05, 0) is 48.1 Å². The van der Waals surface area contributed by atoms with Crippen LogP contribution in [0.1, 0.15) is 36.5 Å². The first-order chi connectivity index (χ1) is 10.4. The maximum atomic E-state index is 12.3. The summed E-state index contributed by atoms with van der Waals surface area (Å²) in [5.41, 5.74) is 3.49. The van der Waals surface area contributed by atoms with Crippen molar-refractivity contribution in [3.8, 4) is 0 Å². The third-order valence-electron chi connectivity index (χ3n) is 3.80. The molecular formula is C18H23NO2S. The molecule has 2 aromatic carbocycles. The highest BCUT2D eigenvalue weighted by Crippen LogP contribution is 2.17. The SMILES string of the molecule is Cc1ccccc1CCNS(=O)(=O)c1ccc(C(C)C)cc1. The zero-order valence-corrected chi connectivity index (χ0v) is 14.2. The van der Waals surface area contributed by atoms with Crippen molar-refractivity contribution in [1.82, 2.24) is 4.72 Å². The van der Waals surface area contributed by atoms with Crippen molar-refractivity contribution >= 4 is 10.0 Å². The molecule has 0 aliphatic heterocycles. The minimum Gasteiger partial charge on any atom is -0.211 e. The summed E-state index contributed by atoms with van der Waals surface area (Å²) in [5, 5.41) is 0. The zero-order valence-electron chi connectivity index (χ0n) is 13.3. The fourth-order valence-corrected chi connectivity index (χ4v) is 3.36. The first-order valence-corrected chi connectivity index (χ1v) is 9.02. The number of aryl methyl sites for hydroxylation is 1. The van der Waals surface area contributed by atoms with Crippen molar-refractivity contribution < 1.29 is 8.42 Å². The Kier molecular flexibility index (Phi) is 5.37. The van der Waals surface area contributed by atoms with Crippen LogP contribution in [0.2, 0.25) is 0 Å². The molecule has 0 radical (unpaired) electrons. The number of hydrogen-bond acceptors (Lipinski definition) is 2. The topological polar surface area (TPSA) is 46.2 Å². The Balaban J connectivity index is 2.00. The van der Waals surface area contributed by atoms with Gasteiger partial charge in [0.05, 0.1) is 4.90 Å². The van der Waals surface area contributed by atoms with Crippen LogP contribution in [0.25, 0.3) is 0 Å². The molecule has 2 aromatic rings. The van der Waals surface area contributed by atoms with Crippen LogP contribution < -0.4 is 4.72 Å². The van der Waals surface area contributed by atoms with E-state index in [2.05, 4.69) is 18.6 Å². The average molecular weight is 317 g/mol. The molecule has 22 heavy (non-hydrogen) atoms. The maximum Gasteiger partial charge on any atom is 0.240 e. The molecule has 4 heteroatoms. The maximum absolute atomic E-state index is 12.3. The van der Waals surface area contributed by atoms with Gasteiger partial charge in [0, 0.05) is 6.54 Å². The van der Waals surface area contributed by atoms with E-state index in [-0.39, 0.29) is 0 Å². The molecular weight excluding hydrogens is 294 g/mol. The minimum absolute atomic E-state index is 0.321. The molecule has 0 aromatic heterocycles. The van der Waals surface area contributed by atoms with Gasteiger partial charge in [-0.25, -0.2) is 13.1 Å². The fourth-order valence-electron chi connectivity index (χ4n) is 2.33. The van der Waals surface area contributed by atoms with Gasteiger partial charge in [0.1, 0.15) is 0 Å². The summed E-state index contributed by atoms with van der Waals surface area (Å²) in [5.74, 6) is 0.394. The van der Waals surface area contributed by atoms with Gasteiger partial charge in [-0.1, -0.05) is 50.2 Å². The van der Waals surface area contributed by atoms with E-state index in [0.29, 0.717) is 23.8 Å². The van der Waals surface area contributed by atoms with Crippen molar-refractivity contribution in [2.45, 2.75) is 38.0 Å². The van der Waals surface area contributed by atoms with Crippen LogP contribution >= 0.6 is 0 Å². The molecule has 0 heterocycles. The highest BCUT2D eigenvalue weighted by Gasteiger charge is 2.13. The van der Waals surface area contributed by atoms with Crippen LogP contribution in [0, 0.1) is 6.92 Å². The second-order valence-electron chi connectivity index (χ2n) is 5.80. The number of sulfonamides is 1. The molecule has 0 amide bonds. The Morgan fingerprint density at radius 1 is 1.00 bits per heavy atom. The number of rotatable bonds is 6. The molecule has 2 rings (SSSR count). The average Bonchev–Trinajstić information content (AvgIpc) is 2.49. The molecule has 118 valence electrons. The van der Waals surface area contributed by atoms with Gasteiger partial charge in [-0.15, -0.1) is 0 Å². The van der Waals surface area contributed by atoms with Crippen molar-refractivity contribution in [2.75, 3.05) is 6.54 Å². The summed E-state index contributed by atoms with van der Waals surface area (Å²) in [6.45, 7) is 6.61. The molecule has 1 N–H and O–H groups in total. The summed E-state index contributed by atoms with van der Waals surface area (Å²) in [6, 6.07) is 15.1. The molecule has 0 bridgehead atoms.